The molecule has 6 heteroatoms. The lowest BCUT2D eigenvalue weighted by Crippen LogP contribution is -2.18. The maximum Gasteiger partial charge on any atom is 0.246 e. The molecule has 1 aromatic carbocycles. The summed E-state index contributed by atoms with van der Waals surface area (Å²) < 4.78 is 5.45. The van der Waals surface area contributed by atoms with Gasteiger partial charge in [0.1, 0.15) is 5.82 Å². The van der Waals surface area contributed by atoms with Crippen LogP contribution in [-0.4, -0.2) is 28.4 Å². The average Bonchev–Trinajstić information content (AvgIpc) is 2.96. The summed E-state index contributed by atoms with van der Waals surface area (Å²) in [7, 11) is 0. The van der Waals surface area contributed by atoms with Gasteiger partial charge in [0.15, 0.2) is 0 Å². The molecule has 2 aliphatic rings. The normalized spacial score (nSPS) is 23.2. The quantitative estimate of drug-likeness (QED) is 0.911. The summed E-state index contributed by atoms with van der Waals surface area (Å²) in [5, 5.41) is 11.2. The fourth-order valence-corrected chi connectivity index (χ4v) is 3.44. The molecule has 2 fully saturated rings. The van der Waals surface area contributed by atoms with Gasteiger partial charge in [-0.1, -0.05) is 17.7 Å². The summed E-state index contributed by atoms with van der Waals surface area (Å²) in [6.07, 6.45) is 3.47. The van der Waals surface area contributed by atoms with E-state index in [9.17, 15) is 0 Å². The molecule has 1 atom stereocenters. The molecule has 0 radical (unpaired) electrons. The Hall–Kier alpha value is -1.59. The van der Waals surface area contributed by atoms with Crippen LogP contribution in [0.2, 0.25) is 5.02 Å². The predicted octanol–water partition coefficient (Wildman–Crippen LogP) is 3.49. The number of rotatable bonds is 3. The lowest BCUT2D eigenvalue weighted by Gasteiger charge is -2.22. The molecule has 1 aliphatic carbocycles. The standard InChI is InChI=1S/C15H17ClN4O/c16-10-2-1-3-11(8-10)17-14-18-13(19-20-14)12-9-15(12)4-6-21-7-5-15/h1-3,8,12H,4-7,9H2,(H2,17,18,19,20). The Bertz CT molecular complexity index is 651. The van der Waals surface area contributed by atoms with Crippen molar-refractivity contribution in [2.75, 3.05) is 18.5 Å². The van der Waals surface area contributed by atoms with Crippen LogP contribution in [0.1, 0.15) is 31.0 Å². The van der Waals surface area contributed by atoms with Crippen LogP contribution in [-0.2, 0) is 4.74 Å². The van der Waals surface area contributed by atoms with E-state index in [0.717, 1.165) is 37.6 Å². The minimum atomic E-state index is 0.408. The summed E-state index contributed by atoms with van der Waals surface area (Å²) >= 11 is 5.97. The lowest BCUT2D eigenvalue weighted by atomic mass is 9.94. The van der Waals surface area contributed by atoms with Gasteiger partial charge in [0.05, 0.1) is 0 Å². The highest BCUT2D eigenvalue weighted by atomic mass is 35.5. The smallest absolute Gasteiger partial charge is 0.246 e. The molecule has 2 N–H and O–H groups in total. The molecule has 5 nitrogen and oxygen atoms in total. The fraction of sp³-hybridized carbons (Fsp3) is 0.467. The van der Waals surface area contributed by atoms with Crippen molar-refractivity contribution in [2.24, 2.45) is 5.41 Å². The zero-order valence-corrected chi connectivity index (χ0v) is 12.4. The monoisotopic (exact) mass is 304 g/mol. The number of ether oxygens (including phenoxy) is 1. The Balaban J connectivity index is 1.47. The number of hydrogen-bond donors (Lipinski definition) is 2. The molecule has 1 saturated carbocycles. The first-order chi connectivity index (χ1) is 10.3. The second-order valence-corrected chi connectivity index (χ2v) is 6.35. The third kappa shape index (κ3) is 2.51. The first kappa shape index (κ1) is 13.1. The van der Waals surface area contributed by atoms with Crippen molar-refractivity contribution in [3.05, 3.63) is 35.1 Å². The van der Waals surface area contributed by atoms with E-state index in [-0.39, 0.29) is 0 Å². The fourth-order valence-electron chi connectivity index (χ4n) is 3.25. The van der Waals surface area contributed by atoms with Crippen molar-refractivity contribution >= 4 is 23.2 Å². The van der Waals surface area contributed by atoms with Gasteiger partial charge in [-0.05, 0) is 42.9 Å². The van der Waals surface area contributed by atoms with Crippen molar-refractivity contribution in [2.45, 2.75) is 25.2 Å². The Labute approximate surface area is 128 Å². The van der Waals surface area contributed by atoms with Crippen LogP contribution in [0.5, 0.6) is 0 Å². The molecule has 21 heavy (non-hydrogen) atoms. The van der Waals surface area contributed by atoms with Gasteiger partial charge in [0, 0.05) is 29.8 Å². The van der Waals surface area contributed by atoms with Crippen LogP contribution in [0.25, 0.3) is 0 Å². The summed E-state index contributed by atoms with van der Waals surface area (Å²) in [6, 6.07) is 7.54. The number of anilines is 2. The maximum absolute atomic E-state index is 5.97. The summed E-state index contributed by atoms with van der Waals surface area (Å²) in [6.45, 7) is 1.75. The van der Waals surface area contributed by atoms with Crippen LogP contribution in [0.15, 0.2) is 24.3 Å². The number of benzene rings is 1. The van der Waals surface area contributed by atoms with E-state index in [1.54, 1.807) is 0 Å². The van der Waals surface area contributed by atoms with Crippen LogP contribution in [0.3, 0.4) is 0 Å². The molecule has 1 saturated heterocycles. The number of hydrogen-bond acceptors (Lipinski definition) is 4. The Morgan fingerprint density at radius 1 is 1.33 bits per heavy atom. The van der Waals surface area contributed by atoms with Gasteiger partial charge in [0.2, 0.25) is 5.95 Å². The molecule has 4 rings (SSSR count). The predicted molar refractivity (Wildman–Crippen MR) is 81.0 cm³/mol. The highest BCUT2D eigenvalue weighted by Crippen LogP contribution is 2.63. The molecule has 1 aromatic heterocycles. The van der Waals surface area contributed by atoms with Crippen LogP contribution in [0.4, 0.5) is 11.6 Å². The topological polar surface area (TPSA) is 62.8 Å². The molecule has 1 unspecified atom stereocenters. The second kappa shape index (κ2) is 5.00. The number of nitrogens with zero attached hydrogens (tertiary/aromatic N) is 2. The van der Waals surface area contributed by atoms with Gasteiger partial charge in [-0.3, -0.25) is 5.10 Å². The van der Waals surface area contributed by atoms with Gasteiger partial charge in [-0.25, -0.2) is 0 Å². The average molecular weight is 305 g/mol. The van der Waals surface area contributed by atoms with E-state index < -0.39 is 0 Å². The number of nitrogens with one attached hydrogen (secondary N) is 2. The number of halogens is 1. The highest BCUT2D eigenvalue weighted by molar-refractivity contribution is 6.30. The van der Waals surface area contributed by atoms with E-state index in [1.165, 1.54) is 6.42 Å². The largest absolute Gasteiger partial charge is 0.381 e. The molecule has 0 bridgehead atoms. The van der Waals surface area contributed by atoms with Crippen molar-refractivity contribution < 1.29 is 4.74 Å². The molecule has 1 spiro atoms. The third-order valence-corrected chi connectivity index (χ3v) is 4.83. The first-order valence-corrected chi connectivity index (χ1v) is 7.66. The molecule has 1 aliphatic heterocycles. The lowest BCUT2D eigenvalue weighted by molar-refractivity contribution is 0.0554. The van der Waals surface area contributed by atoms with Crippen molar-refractivity contribution in [3.63, 3.8) is 0 Å². The Morgan fingerprint density at radius 2 is 2.19 bits per heavy atom. The molecular formula is C15H17ClN4O. The van der Waals surface area contributed by atoms with E-state index in [4.69, 9.17) is 16.3 Å². The molecule has 2 heterocycles. The first-order valence-electron chi connectivity index (χ1n) is 7.28. The number of aromatic amines is 1. The van der Waals surface area contributed by atoms with Crippen molar-refractivity contribution in [3.8, 4) is 0 Å². The van der Waals surface area contributed by atoms with Gasteiger partial charge in [-0.2, -0.15) is 4.98 Å². The molecule has 2 aromatic rings. The number of aromatic nitrogens is 3. The SMILES string of the molecule is Clc1cccc(Nc2n[nH]c(C3CC34CCOCC4)n2)c1. The molecule has 110 valence electrons. The van der Waals surface area contributed by atoms with Crippen molar-refractivity contribution in [1.82, 2.24) is 15.2 Å². The van der Waals surface area contributed by atoms with Crippen LogP contribution < -0.4 is 5.32 Å². The minimum absolute atomic E-state index is 0.408. The molecular weight excluding hydrogens is 288 g/mol. The van der Waals surface area contributed by atoms with Gasteiger partial charge in [0.25, 0.3) is 0 Å². The number of H-pyrrole nitrogens is 1. The zero-order valence-electron chi connectivity index (χ0n) is 11.6. The van der Waals surface area contributed by atoms with Crippen LogP contribution in [0, 0.1) is 5.41 Å². The van der Waals surface area contributed by atoms with Gasteiger partial charge in [-0.15, -0.1) is 5.10 Å². The summed E-state index contributed by atoms with van der Waals surface area (Å²) in [5.41, 5.74) is 1.30. The minimum Gasteiger partial charge on any atom is -0.381 e. The van der Waals surface area contributed by atoms with E-state index in [2.05, 4.69) is 20.5 Å². The van der Waals surface area contributed by atoms with E-state index in [1.807, 2.05) is 24.3 Å². The van der Waals surface area contributed by atoms with Crippen molar-refractivity contribution in [1.29, 1.82) is 0 Å². The van der Waals surface area contributed by atoms with E-state index in [0.29, 0.717) is 22.3 Å². The zero-order chi connectivity index (χ0) is 14.3. The Kier molecular flexibility index (Phi) is 3.12. The highest BCUT2D eigenvalue weighted by Gasteiger charge is 2.56. The second-order valence-electron chi connectivity index (χ2n) is 5.91. The van der Waals surface area contributed by atoms with Gasteiger partial charge < -0.3 is 10.1 Å². The summed E-state index contributed by atoms with van der Waals surface area (Å²) in [5.74, 6) is 2.09. The Morgan fingerprint density at radius 3 is 3.00 bits per heavy atom. The summed E-state index contributed by atoms with van der Waals surface area (Å²) in [4.78, 5) is 4.59. The third-order valence-electron chi connectivity index (χ3n) is 4.59. The van der Waals surface area contributed by atoms with Crippen LogP contribution >= 0.6 is 11.6 Å². The van der Waals surface area contributed by atoms with E-state index >= 15 is 0 Å². The van der Waals surface area contributed by atoms with Gasteiger partial charge >= 0.3 is 0 Å². The maximum atomic E-state index is 5.97. The molecule has 0 amide bonds.